The van der Waals surface area contributed by atoms with Crippen LogP contribution in [0.1, 0.15) is 30.6 Å². The minimum absolute atomic E-state index is 0.0238. The third-order valence-corrected chi connectivity index (χ3v) is 3.84. The number of methoxy groups -OCH3 is 2. The largest absolute Gasteiger partial charge is 0.493 e. The van der Waals surface area contributed by atoms with Crippen molar-refractivity contribution in [3.8, 4) is 11.5 Å². The van der Waals surface area contributed by atoms with Crippen LogP contribution in [0.15, 0.2) is 12.1 Å². The Morgan fingerprint density at radius 2 is 1.76 bits per heavy atom. The summed E-state index contributed by atoms with van der Waals surface area (Å²) in [6.45, 7) is 4.01. The molecule has 1 aromatic rings. The van der Waals surface area contributed by atoms with E-state index < -0.39 is 5.97 Å². The van der Waals surface area contributed by atoms with Crippen LogP contribution in [-0.2, 0) is 4.79 Å². The van der Waals surface area contributed by atoms with Gasteiger partial charge >= 0.3 is 5.97 Å². The summed E-state index contributed by atoms with van der Waals surface area (Å²) in [6.07, 6.45) is 0.800. The van der Waals surface area contributed by atoms with Crippen LogP contribution in [0.4, 0.5) is 5.69 Å². The van der Waals surface area contributed by atoms with E-state index >= 15 is 0 Å². The summed E-state index contributed by atoms with van der Waals surface area (Å²) in [5.74, 6) is -0.726. The van der Waals surface area contributed by atoms with E-state index in [1.807, 2.05) is 13.8 Å². The Balaban J connectivity index is 2.33. The van der Waals surface area contributed by atoms with Gasteiger partial charge in [0.2, 0.25) is 5.91 Å². The van der Waals surface area contributed by atoms with Crippen molar-refractivity contribution in [3.63, 3.8) is 0 Å². The first-order chi connectivity index (χ1) is 9.80. The summed E-state index contributed by atoms with van der Waals surface area (Å²) in [5.41, 5.74) is 0.164. The average molecular weight is 293 g/mol. The second-order valence-electron chi connectivity index (χ2n) is 5.79. The zero-order chi connectivity index (χ0) is 15.8. The van der Waals surface area contributed by atoms with Crippen LogP contribution in [0, 0.1) is 11.3 Å². The molecule has 1 aromatic carbocycles. The Morgan fingerprint density at radius 1 is 1.24 bits per heavy atom. The molecule has 2 rings (SSSR count). The van der Waals surface area contributed by atoms with E-state index in [1.54, 1.807) is 0 Å². The minimum Gasteiger partial charge on any atom is -0.493 e. The fourth-order valence-electron chi connectivity index (χ4n) is 2.29. The van der Waals surface area contributed by atoms with Crippen molar-refractivity contribution in [1.82, 2.24) is 0 Å². The fraction of sp³-hybridized carbons (Fsp3) is 0.467. The Kier molecular flexibility index (Phi) is 3.80. The Morgan fingerprint density at radius 3 is 2.19 bits per heavy atom. The number of anilines is 1. The number of rotatable bonds is 5. The zero-order valence-corrected chi connectivity index (χ0v) is 12.5. The lowest BCUT2D eigenvalue weighted by atomic mass is 10.1. The molecule has 1 unspecified atom stereocenters. The fourth-order valence-corrected chi connectivity index (χ4v) is 2.29. The van der Waals surface area contributed by atoms with Gasteiger partial charge < -0.3 is 19.9 Å². The van der Waals surface area contributed by atoms with Gasteiger partial charge in [-0.25, -0.2) is 4.79 Å². The molecular weight excluding hydrogens is 274 g/mol. The number of carbonyl (C=O) groups excluding carboxylic acids is 1. The maximum absolute atomic E-state index is 12.1. The molecule has 0 spiro atoms. The van der Waals surface area contributed by atoms with E-state index in [-0.39, 0.29) is 28.5 Å². The van der Waals surface area contributed by atoms with Crippen molar-refractivity contribution in [2.75, 3.05) is 19.5 Å². The number of benzene rings is 1. The molecule has 0 aromatic heterocycles. The number of carboxylic acid groups (broad SMARTS) is 1. The molecule has 1 aliphatic carbocycles. The van der Waals surface area contributed by atoms with E-state index in [1.165, 1.54) is 26.4 Å². The summed E-state index contributed by atoms with van der Waals surface area (Å²) in [4.78, 5) is 23.5. The molecule has 1 amide bonds. The van der Waals surface area contributed by atoms with Crippen LogP contribution in [-0.4, -0.2) is 31.2 Å². The molecule has 21 heavy (non-hydrogen) atoms. The number of carbonyl (C=O) groups is 2. The highest BCUT2D eigenvalue weighted by molar-refractivity contribution is 6.03. The van der Waals surface area contributed by atoms with E-state index in [0.29, 0.717) is 11.5 Å². The van der Waals surface area contributed by atoms with Crippen LogP contribution in [0.3, 0.4) is 0 Å². The Bertz CT molecular complexity index is 594. The van der Waals surface area contributed by atoms with Crippen LogP contribution < -0.4 is 14.8 Å². The third kappa shape index (κ3) is 2.94. The van der Waals surface area contributed by atoms with Crippen LogP contribution >= 0.6 is 0 Å². The minimum atomic E-state index is -1.14. The molecule has 0 radical (unpaired) electrons. The highest BCUT2D eigenvalue weighted by atomic mass is 16.5. The normalized spacial score (nSPS) is 18.8. The standard InChI is InChI=1S/C15H19NO5/c1-15(2)7-9(15)13(17)16-10-6-12(21-4)11(20-3)5-8(10)14(18)19/h5-6,9H,7H2,1-4H3,(H,16,17)(H,18,19). The SMILES string of the molecule is COc1cc(NC(=O)C2CC2(C)C)c(C(=O)O)cc1OC. The van der Waals surface area contributed by atoms with Crippen molar-refractivity contribution in [2.45, 2.75) is 20.3 Å². The van der Waals surface area contributed by atoms with E-state index in [2.05, 4.69) is 5.32 Å². The number of carboxylic acids is 1. The van der Waals surface area contributed by atoms with Crippen molar-refractivity contribution in [1.29, 1.82) is 0 Å². The van der Waals surface area contributed by atoms with Gasteiger partial charge in [-0.1, -0.05) is 13.8 Å². The Labute approximate surface area is 123 Å². The van der Waals surface area contributed by atoms with E-state index in [9.17, 15) is 14.7 Å². The topological polar surface area (TPSA) is 84.9 Å². The predicted octanol–water partition coefficient (Wildman–Crippen LogP) is 2.39. The molecule has 114 valence electrons. The first-order valence-electron chi connectivity index (χ1n) is 6.60. The van der Waals surface area contributed by atoms with Crippen molar-refractivity contribution < 1.29 is 24.2 Å². The van der Waals surface area contributed by atoms with Gasteiger partial charge in [-0.2, -0.15) is 0 Å². The average Bonchev–Trinajstić information content (AvgIpc) is 3.07. The molecule has 0 heterocycles. The van der Waals surface area contributed by atoms with Gasteiger partial charge in [-0.05, 0) is 11.8 Å². The number of ether oxygens (including phenoxy) is 2. The molecule has 1 fully saturated rings. The number of hydrogen-bond acceptors (Lipinski definition) is 4. The van der Waals surface area contributed by atoms with Gasteiger partial charge in [-0.15, -0.1) is 0 Å². The third-order valence-electron chi connectivity index (χ3n) is 3.84. The molecule has 6 heteroatoms. The summed E-state index contributed by atoms with van der Waals surface area (Å²) in [6, 6.07) is 2.81. The number of aromatic carboxylic acids is 1. The number of amides is 1. The summed E-state index contributed by atoms with van der Waals surface area (Å²) in [5, 5.41) is 12.0. The second kappa shape index (κ2) is 5.27. The Hall–Kier alpha value is -2.24. The van der Waals surface area contributed by atoms with Crippen LogP contribution in [0.2, 0.25) is 0 Å². The molecule has 2 N–H and O–H groups in total. The first kappa shape index (κ1) is 15.2. The summed E-state index contributed by atoms with van der Waals surface area (Å²) in [7, 11) is 2.88. The first-order valence-corrected chi connectivity index (χ1v) is 6.60. The highest BCUT2D eigenvalue weighted by Crippen LogP contribution is 2.52. The summed E-state index contributed by atoms with van der Waals surface area (Å²) >= 11 is 0. The van der Waals surface area contributed by atoms with E-state index in [4.69, 9.17) is 9.47 Å². The van der Waals surface area contributed by atoms with Gasteiger partial charge in [0, 0.05) is 18.1 Å². The molecular formula is C15H19NO5. The van der Waals surface area contributed by atoms with Gasteiger partial charge in [0.05, 0.1) is 25.5 Å². The quantitative estimate of drug-likeness (QED) is 0.870. The van der Waals surface area contributed by atoms with Gasteiger partial charge in [-0.3, -0.25) is 4.79 Å². The molecule has 1 atom stereocenters. The second-order valence-corrected chi connectivity index (χ2v) is 5.79. The highest BCUT2D eigenvalue weighted by Gasteiger charge is 2.50. The van der Waals surface area contributed by atoms with E-state index in [0.717, 1.165) is 6.42 Å². The maximum atomic E-state index is 12.1. The molecule has 0 aliphatic heterocycles. The predicted molar refractivity (Wildman–Crippen MR) is 77.0 cm³/mol. The monoisotopic (exact) mass is 293 g/mol. The van der Waals surface area contributed by atoms with Crippen LogP contribution in [0.5, 0.6) is 11.5 Å². The molecule has 1 aliphatic rings. The van der Waals surface area contributed by atoms with Crippen molar-refractivity contribution in [3.05, 3.63) is 17.7 Å². The van der Waals surface area contributed by atoms with Gasteiger partial charge in [0.1, 0.15) is 0 Å². The van der Waals surface area contributed by atoms with Crippen molar-refractivity contribution in [2.24, 2.45) is 11.3 Å². The molecule has 0 bridgehead atoms. The lowest BCUT2D eigenvalue weighted by Crippen LogP contribution is -2.18. The molecule has 1 saturated carbocycles. The van der Waals surface area contributed by atoms with Gasteiger partial charge in [0.15, 0.2) is 11.5 Å². The van der Waals surface area contributed by atoms with Crippen LogP contribution in [0.25, 0.3) is 0 Å². The van der Waals surface area contributed by atoms with Gasteiger partial charge in [0.25, 0.3) is 0 Å². The molecule has 6 nitrogen and oxygen atoms in total. The number of nitrogens with one attached hydrogen (secondary N) is 1. The number of hydrogen-bond donors (Lipinski definition) is 2. The lowest BCUT2D eigenvalue weighted by Gasteiger charge is -2.14. The summed E-state index contributed by atoms with van der Waals surface area (Å²) < 4.78 is 10.2. The molecule has 0 saturated heterocycles. The lowest BCUT2D eigenvalue weighted by molar-refractivity contribution is -0.118. The smallest absolute Gasteiger partial charge is 0.337 e. The maximum Gasteiger partial charge on any atom is 0.337 e. The van der Waals surface area contributed by atoms with Crippen molar-refractivity contribution >= 4 is 17.6 Å². The zero-order valence-electron chi connectivity index (χ0n) is 12.5.